The van der Waals surface area contributed by atoms with Gasteiger partial charge in [-0.25, -0.2) is 4.98 Å². The largest absolute Gasteiger partial charge is 0.484 e. The number of carbonyl (C=O) groups is 1. The molecule has 1 unspecified atom stereocenters. The van der Waals surface area contributed by atoms with Crippen molar-refractivity contribution in [1.82, 2.24) is 14.5 Å². The van der Waals surface area contributed by atoms with Crippen LogP contribution < -0.4 is 9.64 Å². The highest BCUT2D eigenvalue weighted by atomic mass is 35.5. The molecule has 1 amide bonds. The zero-order valence-corrected chi connectivity index (χ0v) is 21.1. The van der Waals surface area contributed by atoms with Crippen LogP contribution in [0, 0.1) is 0 Å². The van der Waals surface area contributed by atoms with E-state index in [0.717, 1.165) is 35.7 Å². The molecule has 1 aliphatic rings. The van der Waals surface area contributed by atoms with E-state index in [1.807, 2.05) is 70.3 Å². The molecule has 1 aliphatic heterocycles. The van der Waals surface area contributed by atoms with Crippen molar-refractivity contribution in [3.8, 4) is 5.75 Å². The Kier molecular flexibility index (Phi) is 7.44. The SMILES string of the molecule is O=C(c1ccccc1)N1CCN(c2ccc(OC(Cn3ccnc3)c3ccc(Cl)cc3Cl)cc2)CC1. The summed E-state index contributed by atoms with van der Waals surface area (Å²) in [5.74, 6) is 0.830. The molecule has 6 nitrogen and oxygen atoms in total. The van der Waals surface area contributed by atoms with Crippen LogP contribution in [0.1, 0.15) is 22.0 Å². The summed E-state index contributed by atoms with van der Waals surface area (Å²) < 4.78 is 8.35. The number of ether oxygens (including phenoxy) is 1. The van der Waals surface area contributed by atoms with Gasteiger partial charge in [-0.2, -0.15) is 0 Å². The van der Waals surface area contributed by atoms with E-state index in [1.54, 1.807) is 18.6 Å². The molecule has 0 spiro atoms. The Labute approximate surface area is 220 Å². The first-order valence-corrected chi connectivity index (χ1v) is 12.6. The number of benzene rings is 3. The number of anilines is 1. The Balaban J connectivity index is 1.24. The van der Waals surface area contributed by atoms with Crippen molar-refractivity contribution in [2.45, 2.75) is 12.6 Å². The van der Waals surface area contributed by atoms with Gasteiger partial charge in [0.25, 0.3) is 5.91 Å². The predicted octanol–water partition coefficient (Wildman–Crippen LogP) is 5.97. The number of halogens is 2. The van der Waals surface area contributed by atoms with Gasteiger partial charge in [-0.15, -0.1) is 0 Å². The van der Waals surface area contributed by atoms with Crippen LogP contribution in [-0.4, -0.2) is 46.5 Å². The molecule has 8 heteroatoms. The van der Waals surface area contributed by atoms with E-state index in [1.165, 1.54) is 0 Å². The molecule has 4 aromatic rings. The van der Waals surface area contributed by atoms with Crippen molar-refractivity contribution >= 4 is 34.8 Å². The molecule has 0 saturated carbocycles. The molecule has 5 rings (SSSR count). The maximum atomic E-state index is 12.7. The summed E-state index contributed by atoms with van der Waals surface area (Å²) in [6, 6.07) is 23.0. The Bertz CT molecular complexity index is 1290. The lowest BCUT2D eigenvalue weighted by Crippen LogP contribution is -2.48. The molecule has 3 aromatic carbocycles. The maximum absolute atomic E-state index is 12.7. The van der Waals surface area contributed by atoms with Crippen molar-refractivity contribution in [3.05, 3.63) is 113 Å². The fraction of sp³-hybridized carbons (Fsp3) is 0.214. The minimum absolute atomic E-state index is 0.0868. The van der Waals surface area contributed by atoms with E-state index in [2.05, 4.69) is 22.0 Å². The molecule has 1 fully saturated rings. The van der Waals surface area contributed by atoms with Gasteiger partial charge >= 0.3 is 0 Å². The Hall–Kier alpha value is -3.48. The standard InChI is InChI=1S/C28H26Cl2N4O2/c29-22-6-11-25(26(30)18-22)27(19-32-13-12-31-20-32)36-24-9-7-23(8-10-24)33-14-16-34(17-15-33)28(35)21-4-2-1-3-5-21/h1-13,18,20,27H,14-17,19H2. The lowest BCUT2D eigenvalue weighted by atomic mass is 10.1. The third-order valence-corrected chi connectivity index (χ3v) is 6.88. The summed E-state index contributed by atoms with van der Waals surface area (Å²) in [6.45, 7) is 3.49. The van der Waals surface area contributed by atoms with E-state index < -0.39 is 0 Å². The van der Waals surface area contributed by atoms with Crippen LogP contribution in [0.5, 0.6) is 5.75 Å². The zero-order valence-electron chi connectivity index (χ0n) is 19.6. The first kappa shape index (κ1) is 24.2. The number of aromatic nitrogens is 2. The molecule has 1 atom stereocenters. The van der Waals surface area contributed by atoms with Gasteiger partial charge in [-0.1, -0.05) is 47.5 Å². The Morgan fingerprint density at radius 1 is 0.944 bits per heavy atom. The second kappa shape index (κ2) is 11.1. The van der Waals surface area contributed by atoms with Crippen LogP contribution in [0.3, 0.4) is 0 Å². The van der Waals surface area contributed by atoms with Crippen LogP contribution >= 0.6 is 23.2 Å². The van der Waals surface area contributed by atoms with Crippen LogP contribution in [0.25, 0.3) is 0 Å². The monoisotopic (exact) mass is 520 g/mol. The molecule has 0 radical (unpaired) electrons. The highest BCUT2D eigenvalue weighted by molar-refractivity contribution is 6.35. The summed E-state index contributed by atoms with van der Waals surface area (Å²) >= 11 is 12.6. The number of amides is 1. The van der Waals surface area contributed by atoms with Crippen molar-refractivity contribution in [3.63, 3.8) is 0 Å². The van der Waals surface area contributed by atoms with E-state index >= 15 is 0 Å². The van der Waals surface area contributed by atoms with Gasteiger partial charge in [0.2, 0.25) is 0 Å². The van der Waals surface area contributed by atoms with Gasteiger partial charge in [0, 0.05) is 65.4 Å². The summed E-state index contributed by atoms with van der Waals surface area (Å²) in [5.41, 5.74) is 2.70. The van der Waals surface area contributed by atoms with Crippen LogP contribution in [0.2, 0.25) is 10.0 Å². The normalized spacial score (nSPS) is 14.5. The summed E-state index contributed by atoms with van der Waals surface area (Å²) in [5, 5.41) is 1.15. The zero-order chi connectivity index (χ0) is 24.9. The number of nitrogens with zero attached hydrogens (tertiary/aromatic N) is 4. The van der Waals surface area contributed by atoms with E-state index in [0.29, 0.717) is 29.7 Å². The Morgan fingerprint density at radius 3 is 2.36 bits per heavy atom. The minimum Gasteiger partial charge on any atom is -0.484 e. The minimum atomic E-state index is -0.317. The fourth-order valence-corrected chi connectivity index (χ4v) is 4.91. The number of rotatable bonds is 7. The molecule has 0 bridgehead atoms. The van der Waals surface area contributed by atoms with Crippen LogP contribution in [0.15, 0.2) is 91.5 Å². The topological polar surface area (TPSA) is 50.6 Å². The lowest BCUT2D eigenvalue weighted by Gasteiger charge is -2.36. The van der Waals surface area contributed by atoms with E-state index in [4.69, 9.17) is 27.9 Å². The van der Waals surface area contributed by atoms with Gasteiger partial charge in [-0.05, 0) is 48.5 Å². The van der Waals surface area contributed by atoms with Crippen molar-refractivity contribution < 1.29 is 9.53 Å². The summed E-state index contributed by atoms with van der Waals surface area (Å²) in [7, 11) is 0. The molecule has 1 aromatic heterocycles. The number of piperazine rings is 1. The third kappa shape index (κ3) is 5.66. The van der Waals surface area contributed by atoms with E-state index in [9.17, 15) is 4.79 Å². The molecule has 2 heterocycles. The number of hydrogen-bond acceptors (Lipinski definition) is 4. The molecule has 0 N–H and O–H groups in total. The maximum Gasteiger partial charge on any atom is 0.253 e. The van der Waals surface area contributed by atoms with Crippen LogP contribution in [0.4, 0.5) is 5.69 Å². The van der Waals surface area contributed by atoms with Crippen molar-refractivity contribution in [1.29, 1.82) is 0 Å². The molecule has 36 heavy (non-hydrogen) atoms. The molecular formula is C28H26Cl2N4O2. The fourth-order valence-electron chi connectivity index (χ4n) is 4.38. The predicted molar refractivity (Wildman–Crippen MR) is 143 cm³/mol. The molecule has 184 valence electrons. The Morgan fingerprint density at radius 2 is 1.69 bits per heavy atom. The average molecular weight is 521 g/mol. The molecule has 1 saturated heterocycles. The third-order valence-electron chi connectivity index (χ3n) is 6.31. The smallest absolute Gasteiger partial charge is 0.253 e. The highest BCUT2D eigenvalue weighted by Crippen LogP contribution is 2.32. The highest BCUT2D eigenvalue weighted by Gasteiger charge is 2.23. The number of hydrogen-bond donors (Lipinski definition) is 0. The van der Waals surface area contributed by atoms with Gasteiger partial charge in [-0.3, -0.25) is 4.79 Å². The van der Waals surface area contributed by atoms with Crippen molar-refractivity contribution in [2.24, 2.45) is 0 Å². The van der Waals surface area contributed by atoms with Gasteiger partial charge in [0.1, 0.15) is 11.9 Å². The second-order valence-corrected chi connectivity index (χ2v) is 9.51. The molecule has 0 aliphatic carbocycles. The van der Waals surface area contributed by atoms with Crippen LogP contribution in [-0.2, 0) is 6.54 Å². The second-order valence-electron chi connectivity index (χ2n) is 8.67. The van der Waals surface area contributed by atoms with Gasteiger partial charge in [0.05, 0.1) is 12.9 Å². The first-order chi connectivity index (χ1) is 17.6. The van der Waals surface area contributed by atoms with E-state index in [-0.39, 0.29) is 12.0 Å². The quantitative estimate of drug-likeness (QED) is 0.301. The average Bonchev–Trinajstić information content (AvgIpc) is 3.42. The number of carbonyl (C=O) groups excluding carboxylic acids is 1. The summed E-state index contributed by atoms with van der Waals surface area (Å²) in [4.78, 5) is 21.1. The first-order valence-electron chi connectivity index (χ1n) is 11.8. The lowest BCUT2D eigenvalue weighted by molar-refractivity contribution is 0.0747. The van der Waals surface area contributed by atoms with Gasteiger partial charge < -0.3 is 19.1 Å². The van der Waals surface area contributed by atoms with Crippen molar-refractivity contribution in [2.75, 3.05) is 31.1 Å². The number of imidazole rings is 1. The van der Waals surface area contributed by atoms with Gasteiger partial charge in [0.15, 0.2) is 0 Å². The summed E-state index contributed by atoms with van der Waals surface area (Å²) in [6.07, 6.45) is 5.07. The molecular weight excluding hydrogens is 495 g/mol.